The van der Waals surface area contributed by atoms with Crippen LogP contribution in [0.15, 0.2) is 54.6 Å². The number of carbonyl (C=O) groups excluding carboxylic acids is 1. The van der Waals surface area contributed by atoms with Crippen LogP contribution < -0.4 is 14.8 Å². The molecule has 0 radical (unpaired) electrons. The van der Waals surface area contributed by atoms with Gasteiger partial charge in [-0.25, -0.2) is 0 Å². The van der Waals surface area contributed by atoms with Crippen LogP contribution in [0.2, 0.25) is 0 Å². The Balaban J connectivity index is 2.09. The molecule has 0 aliphatic rings. The lowest BCUT2D eigenvalue weighted by molar-refractivity contribution is -0.117. The van der Waals surface area contributed by atoms with Gasteiger partial charge < -0.3 is 19.7 Å². The Morgan fingerprint density at radius 1 is 1.11 bits per heavy atom. The molecular formula is C23H30N2O3. The highest BCUT2D eigenvalue weighted by Crippen LogP contribution is 2.29. The topological polar surface area (TPSA) is 50.8 Å². The van der Waals surface area contributed by atoms with Gasteiger partial charge in [0.1, 0.15) is 0 Å². The molecule has 1 unspecified atom stereocenters. The monoisotopic (exact) mass is 382 g/mol. The average molecular weight is 383 g/mol. The SMILES string of the molecule is COc1cc(/C=C/C(=O)NC(CN(C)C)c2ccccc2)ccc1OC(C)C. The summed E-state index contributed by atoms with van der Waals surface area (Å²) in [6.07, 6.45) is 3.38. The first kappa shape index (κ1) is 21.5. The smallest absolute Gasteiger partial charge is 0.244 e. The molecule has 2 aromatic rings. The zero-order valence-corrected chi connectivity index (χ0v) is 17.3. The Kier molecular flexibility index (Phi) is 8.08. The summed E-state index contributed by atoms with van der Waals surface area (Å²) in [7, 11) is 5.59. The number of ether oxygens (including phenoxy) is 2. The van der Waals surface area contributed by atoms with Crippen LogP contribution in [-0.2, 0) is 4.79 Å². The van der Waals surface area contributed by atoms with Gasteiger partial charge in [-0.1, -0.05) is 36.4 Å². The summed E-state index contributed by atoms with van der Waals surface area (Å²) in [5.41, 5.74) is 1.95. The Morgan fingerprint density at radius 3 is 2.43 bits per heavy atom. The fraction of sp³-hybridized carbons (Fsp3) is 0.348. The molecule has 0 heterocycles. The van der Waals surface area contributed by atoms with Crippen molar-refractivity contribution in [1.29, 1.82) is 0 Å². The maximum atomic E-state index is 12.5. The fourth-order valence-electron chi connectivity index (χ4n) is 2.82. The number of hydrogen-bond donors (Lipinski definition) is 1. The van der Waals surface area contributed by atoms with Crippen molar-refractivity contribution >= 4 is 12.0 Å². The molecule has 5 heteroatoms. The van der Waals surface area contributed by atoms with E-state index in [1.54, 1.807) is 19.3 Å². The lowest BCUT2D eigenvalue weighted by Crippen LogP contribution is -2.34. The summed E-state index contributed by atoms with van der Waals surface area (Å²) >= 11 is 0. The van der Waals surface area contributed by atoms with Gasteiger partial charge in [0.15, 0.2) is 11.5 Å². The molecule has 0 bridgehead atoms. The molecular weight excluding hydrogens is 352 g/mol. The number of nitrogens with zero attached hydrogens (tertiary/aromatic N) is 1. The number of hydrogen-bond acceptors (Lipinski definition) is 4. The Bertz CT molecular complexity index is 786. The van der Waals surface area contributed by atoms with E-state index >= 15 is 0 Å². The number of likely N-dealkylation sites (N-methyl/N-ethyl adjacent to an activating group) is 1. The number of methoxy groups -OCH3 is 1. The van der Waals surface area contributed by atoms with Crippen LogP contribution in [0.5, 0.6) is 11.5 Å². The third-order valence-corrected chi connectivity index (χ3v) is 4.04. The average Bonchev–Trinajstić information content (AvgIpc) is 2.66. The first-order chi connectivity index (χ1) is 13.4. The van der Waals surface area contributed by atoms with Crippen LogP contribution in [-0.4, -0.2) is 44.7 Å². The summed E-state index contributed by atoms with van der Waals surface area (Å²) < 4.78 is 11.1. The van der Waals surface area contributed by atoms with Crippen LogP contribution in [0, 0.1) is 0 Å². The largest absolute Gasteiger partial charge is 0.493 e. The normalized spacial score (nSPS) is 12.4. The second kappa shape index (κ2) is 10.5. The van der Waals surface area contributed by atoms with Crippen molar-refractivity contribution in [3.63, 3.8) is 0 Å². The molecule has 1 amide bonds. The van der Waals surface area contributed by atoms with Gasteiger partial charge in [-0.2, -0.15) is 0 Å². The molecule has 0 saturated carbocycles. The van der Waals surface area contributed by atoms with Crippen LogP contribution in [0.4, 0.5) is 0 Å². The van der Waals surface area contributed by atoms with Crippen LogP contribution in [0.25, 0.3) is 6.08 Å². The summed E-state index contributed by atoms with van der Waals surface area (Å²) in [4.78, 5) is 14.5. The van der Waals surface area contributed by atoms with Crippen molar-refractivity contribution in [3.05, 3.63) is 65.7 Å². The van der Waals surface area contributed by atoms with E-state index in [0.717, 1.165) is 17.7 Å². The summed E-state index contributed by atoms with van der Waals surface area (Å²) in [5, 5.41) is 3.08. The van der Waals surface area contributed by atoms with Gasteiger partial charge in [0.25, 0.3) is 0 Å². The molecule has 2 rings (SSSR count). The maximum Gasteiger partial charge on any atom is 0.244 e. The van der Waals surface area contributed by atoms with Gasteiger partial charge in [-0.3, -0.25) is 4.79 Å². The minimum atomic E-state index is -0.142. The van der Waals surface area contributed by atoms with Crippen molar-refractivity contribution in [3.8, 4) is 11.5 Å². The highest BCUT2D eigenvalue weighted by atomic mass is 16.5. The molecule has 1 atom stereocenters. The van der Waals surface area contributed by atoms with E-state index in [2.05, 4.69) is 10.2 Å². The molecule has 0 aliphatic heterocycles. The van der Waals surface area contributed by atoms with Crippen molar-refractivity contribution in [2.75, 3.05) is 27.7 Å². The van der Waals surface area contributed by atoms with E-state index < -0.39 is 0 Å². The number of nitrogens with one attached hydrogen (secondary N) is 1. The van der Waals surface area contributed by atoms with E-state index in [0.29, 0.717) is 11.5 Å². The van der Waals surface area contributed by atoms with Crippen molar-refractivity contribution < 1.29 is 14.3 Å². The Morgan fingerprint density at radius 2 is 1.82 bits per heavy atom. The van der Waals surface area contributed by atoms with E-state index in [1.807, 2.05) is 76.5 Å². The standard InChI is InChI=1S/C23H30N2O3/c1-17(2)28-21-13-11-18(15-22(21)27-5)12-14-23(26)24-20(16-25(3)4)19-9-7-6-8-10-19/h6-15,17,20H,16H2,1-5H3,(H,24,26)/b14-12+. The second-order valence-electron chi connectivity index (χ2n) is 7.14. The van der Waals surface area contributed by atoms with E-state index in [1.165, 1.54) is 0 Å². The van der Waals surface area contributed by atoms with Gasteiger partial charge in [0.05, 0.1) is 19.3 Å². The van der Waals surface area contributed by atoms with Gasteiger partial charge in [0.2, 0.25) is 5.91 Å². The van der Waals surface area contributed by atoms with E-state index in [4.69, 9.17) is 9.47 Å². The molecule has 2 aromatic carbocycles. The van der Waals surface area contributed by atoms with Crippen LogP contribution >= 0.6 is 0 Å². The quantitative estimate of drug-likeness (QED) is 0.668. The van der Waals surface area contributed by atoms with Crippen molar-refractivity contribution in [2.24, 2.45) is 0 Å². The number of benzene rings is 2. The molecule has 0 fully saturated rings. The molecule has 28 heavy (non-hydrogen) atoms. The summed E-state index contributed by atoms with van der Waals surface area (Å²) in [6.45, 7) is 4.65. The van der Waals surface area contributed by atoms with Gasteiger partial charge in [-0.15, -0.1) is 0 Å². The number of carbonyl (C=O) groups is 1. The van der Waals surface area contributed by atoms with Crippen molar-refractivity contribution in [2.45, 2.75) is 26.0 Å². The minimum Gasteiger partial charge on any atom is -0.493 e. The van der Waals surface area contributed by atoms with E-state index in [9.17, 15) is 4.79 Å². The maximum absolute atomic E-state index is 12.5. The van der Waals surface area contributed by atoms with Gasteiger partial charge in [0, 0.05) is 12.6 Å². The van der Waals surface area contributed by atoms with Crippen LogP contribution in [0.3, 0.4) is 0 Å². The predicted octanol–water partition coefficient (Wildman–Crippen LogP) is 3.91. The number of rotatable bonds is 9. The Labute approximate surface area is 168 Å². The lowest BCUT2D eigenvalue weighted by atomic mass is 10.1. The molecule has 150 valence electrons. The fourth-order valence-corrected chi connectivity index (χ4v) is 2.82. The first-order valence-corrected chi connectivity index (χ1v) is 9.42. The minimum absolute atomic E-state index is 0.0627. The number of amides is 1. The third-order valence-electron chi connectivity index (χ3n) is 4.04. The molecule has 0 spiro atoms. The van der Waals surface area contributed by atoms with Gasteiger partial charge >= 0.3 is 0 Å². The third kappa shape index (κ3) is 6.74. The molecule has 0 saturated heterocycles. The summed E-state index contributed by atoms with van der Waals surface area (Å²) in [6, 6.07) is 15.5. The lowest BCUT2D eigenvalue weighted by Gasteiger charge is -2.22. The highest BCUT2D eigenvalue weighted by Gasteiger charge is 2.14. The molecule has 5 nitrogen and oxygen atoms in total. The zero-order chi connectivity index (χ0) is 20.5. The summed E-state index contributed by atoms with van der Waals surface area (Å²) in [5.74, 6) is 1.19. The zero-order valence-electron chi connectivity index (χ0n) is 17.3. The van der Waals surface area contributed by atoms with Crippen LogP contribution in [0.1, 0.15) is 31.0 Å². The molecule has 1 N–H and O–H groups in total. The van der Waals surface area contributed by atoms with Gasteiger partial charge in [-0.05, 0) is 57.3 Å². The van der Waals surface area contributed by atoms with Crippen molar-refractivity contribution in [1.82, 2.24) is 10.2 Å². The van der Waals surface area contributed by atoms with E-state index in [-0.39, 0.29) is 18.1 Å². The highest BCUT2D eigenvalue weighted by molar-refractivity contribution is 5.92. The molecule has 0 aliphatic carbocycles. The first-order valence-electron chi connectivity index (χ1n) is 9.42. The Hall–Kier alpha value is -2.79. The second-order valence-corrected chi connectivity index (χ2v) is 7.14. The predicted molar refractivity (Wildman–Crippen MR) is 114 cm³/mol. The molecule has 0 aromatic heterocycles.